The Labute approximate surface area is 166 Å². The number of ether oxygens (including phenoxy) is 1. The number of carbonyl (C=O) groups is 1. The molecule has 0 bridgehead atoms. The summed E-state index contributed by atoms with van der Waals surface area (Å²) in [5.41, 5.74) is 1.35. The Bertz CT molecular complexity index is 728. The number of nitrogens with one attached hydrogen (secondary N) is 2. The van der Waals surface area contributed by atoms with Crippen LogP contribution in [0, 0.1) is 5.92 Å². The Morgan fingerprint density at radius 2 is 2.15 bits per heavy atom. The molecule has 1 aliphatic rings. The summed E-state index contributed by atoms with van der Waals surface area (Å²) in [7, 11) is 0. The predicted molar refractivity (Wildman–Crippen MR) is 106 cm³/mol. The van der Waals surface area contributed by atoms with Gasteiger partial charge in [-0.25, -0.2) is 4.68 Å². The summed E-state index contributed by atoms with van der Waals surface area (Å²) in [6, 6.07) is 8.10. The van der Waals surface area contributed by atoms with E-state index in [1.807, 2.05) is 28.9 Å². The molecular formula is C19H28ClN5O2. The van der Waals surface area contributed by atoms with Gasteiger partial charge in [0.15, 0.2) is 5.69 Å². The molecule has 1 aliphatic heterocycles. The third kappa shape index (κ3) is 6.22. The highest BCUT2D eigenvalue weighted by atomic mass is 35.5. The Hall–Kier alpha value is -2.12. The topological polar surface area (TPSA) is 81.1 Å². The molecular weight excluding hydrogens is 366 g/mol. The van der Waals surface area contributed by atoms with Crippen molar-refractivity contribution < 1.29 is 9.53 Å². The molecule has 0 atom stereocenters. The van der Waals surface area contributed by atoms with Gasteiger partial charge in [-0.3, -0.25) is 4.79 Å². The standard InChI is InChI=1S/C19H27N5O2.ClH/c1-14(2)13-26-17-5-3-4-15(10-17)11-21-19(25)18-12-24(23-22-18)16-6-8-20-9-7-16;/h3-5,10,12,14,16,20H,6-9,11,13H2,1-2H3,(H,21,25);1H. The molecule has 2 aromatic rings. The van der Waals surface area contributed by atoms with Crippen LogP contribution in [0.2, 0.25) is 0 Å². The average molecular weight is 394 g/mol. The van der Waals surface area contributed by atoms with E-state index in [9.17, 15) is 4.79 Å². The molecule has 1 aromatic heterocycles. The maximum absolute atomic E-state index is 12.3. The zero-order valence-corrected chi connectivity index (χ0v) is 16.7. The molecule has 1 fully saturated rings. The summed E-state index contributed by atoms with van der Waals surface area (Å²) in [6.07, 6.45) is 3.76. The number of hydrogen-bond donors (Lipinski definition) is 2. The molecule has 1 amide bonds. The molecule has 7 nitrogen and oxygen atoms in total. The van der Waals surface area contributed by atoms with Gasteiger partial charge in [-0.05, 0) is 49.5 Å². The summed E-state index contributed by atoms with van der Waals surface area (Å²) < 4.78 is 7.54. The van der Waals surface area contributed by atoms with Crippen molar-refractivity contribution in [3.63, 3.8) is 0 Å². The summed E-state index contributed by atoms with van der Waals surface area (Å²) in [5.74, 6) is 1.09. The third-order valence-corrected chi connectivity index (χ3v) is 4.36. The van der Waals surface area contributed by atoms with Gasteiger partial charge in [0, 0.05) is 6.54 Å². The minimum atomic E-state index is -0.210. The second-order valence-electron chi connectivity index (χ2n) is 7.10. The Balaban J connectivity index is 0.00000261. The first-order chi connectivity index (χ1) is 12.6. The number of nitrogens with zero attached hydrogens (tertiary/aromatic N) is 3. The number of halogens is 1. The number of aromatic nitrogens is 3. The minimum Gasteiger partial charge on any atom is -0.493 e. The van der Waals surface area contributed by atoms with Crippen LogP contribution in [0.1, 0.15) is 48.8 Å². The number of piperidine rings is 1. The lowest BCUT2D eigenvalue weighted by molar-refractivity contribution is 0.0945. The van der Waals surface area contributed by atoms with Crippen molar-refractivity contribution in [2.24, 2.45) is 5.92 Å². The van der Waals surface area contributed by atoms with Crippen LogP contribution in [0.4, 0.5) is 0 Å². The van der Waals surface area contributed by atoms with E-state index in [4.69, 9.17) is 4.74 Å². The van der Waals surface area contributed by atoms with Crippen molar-refractivity contribution in [1.29, 1.82) is 0 Å². The minimum absolute atomic E-state index is 0. The average Bonchev–Trinajstić information content (AvgIpc) is 3.16. The van der Waals surface area contributed by atoms with E-state index in [0.29, 0.717) is 30.8 Å². The highest BCUT2D eigenvalue weighted by Crippen LogP contribution is 2.17. The molecule has 0 saturated carbocycles. The van der Waals surface area contributed by atoms with Gasteiger partial charge < -0.3 is 15.4 Å². The van der Waals surface area contributed by atoms with Gasteiger partial charge in [-0.2, -0.15) is 0 Å². The van der Waals surface area contributed by atoms with E-state index in [2.05, 4.69) is 34.8 Å². The Morgan fingerprint density at radius 1 is 1.37 bits per heavy atom. The van der Waals surface area contributed by atoms with Crippen molar-refractivity contribution >= 4 is 18.3 Å². The molecule has 1 saturated heterocycles. The quantitative estimate of drug-likeness (QED) is 0.755. The predicted octanol–water partition coefficient (Wildman–Crippen LogP) is 2.59. The molecule has 0 unspecified atom stereocenters. The summed E-state index contributed by atoms with van der Waals surface area (Å²) >= 11 is 0. The van der Waals surface area contributed by atoms with Gasteiger partial charge >= 0.3 is 0 Å². The van der Waals surface area contributed by atoms with Gasteiger partial charge in [0.25, 0.3) is 5.91 Å². The first kappa shape index (κ1) is 21.2. The molecule has 3 rings (SSSR count). The maximum atomic E-state index is 12.3. The monoisotopic (exact) mass is 393 g/mol. The van der Waals surface area contributed by atoms with Gasteiger partial charge in [-0.1, -0.05) is 31.2 Å². The van der Waals surface area contributed by atoms with Gasteiger partial charge in [0.1, 0.15) is 5.75 Å². The smallest absolute Gasteiger partial charge is 0.273 e. The molecule has 2 N–H and O–H groups in total. The van der Waals surface area contributed by atoms with Crippen LogP contribution >= 0.6 is 12.4 Å². The van der Waals surface area contributed by atoms with E-state index in [-0.39, 0.29) is 18.3 Å². The maximum Gasteiger partial charge on any atom is 0.273 e. The van der Waals surface area contributed by atoms with Gasteiger partial charge in [-0.15, -0.1) is 17.5 Å². The fraction of sp³-hybridized carbons (Fsp3) is 0.526. The molecule has 27 heavy (non-hydrogen) atoms. The highest BCUT2D eigenvalue weighted by molar-refractivity contribution is 5.91. The summed E-state index contributed by atoms with van der Waals surface area (Å²) in [4.78, 5) is 12.3. The van der Waals surface area contributed by atoms with Gasteiger partial charge in [0.05, 0.1) is 18.8 Å². The fourth-order valence-electron chi connectivity index (χ4n) is 2.91. The second kappa shape index (κ2) is 10.3. The number of carbonyl (C=O) groups excluding carboxylic acids is 1. The fourth-order valence-corrected chi connectivity index (χ4v) is 2.91. The number of hydrogen-bond acceptors (Lipinski definition) is 5. The molecule has 0 radical (unpaired) electrons. The lowest BCUT2D eigenvalue weighted by Crippen LogP contribution is -2.29. The number of benzene rings is 1. The van der Waals surface area contributed by atoms with Crippen molar-refractivity contribution in [3.8, 4) is 5.75 Å². The van der Waals surface area contributed by atoms with Gasteiger partial charge in [0.2, 0.25) is 0 Å². The zero-order valence-electron chi connectivity index (χ0n) is 15.9. The van der Waals surface area contributed by atoms with E-state index in [1.165, 1.54) is 0 Å². The lowest BCUT2D eigenvalue weighted by atomic mass is 10.1. The third-order valence-electron chi connectivity index (χ3n) is 4.36. The van der Waals surface area contributed by atoms with Crippen LogP contribution in [0.3, 0.4) is 0 Å². The highest BCUT2D eigenvalue weighted by Gasteiger charge is 2.18. The van der Waals surface area contributed by atoms with E-state index >= 15 is 0 Å². The molecule has 1 aromatic carbocycles. The summed E-state index contributed by atoms with van der Waals surface area (Å²) in [6.45, 7) is 7.28. The van der Waals surface area contributed by atoms with Crippen molar-refractivity contribution in [2.45, 2.75) is 39.3 Å². The molecule has 2 heterocycles. The van der Waals surface area contributed by atoms with Crippen LogP contribution in [-0.4, -0.2) is 40.6 Å². The molecule has 148 valence electrons. The van der Waals surface area contributed by atoms with Crippen LogP contribution in [-0.2, 0) is 6.54 Å². The first-order valence-corrected chi connectivity index (χ1v) is 9.24. The van der Waals surface area contributed by atoms with Crippen LogP contribution in [0.5, 0.6) is 5.75 Å². The summed E-state index contributed by atoms with van der Waals surface area (Å²) in [5, 5.41) is 14.4. The zero-order chi connectivity index (χ0) is 18.4. The largest absolute Gasteiger partial charge is 0.493 e. The van der Waals surface area contributed by atoms with Crippen molar-refractivity contribution in [2.75, 3.05) is 19.7 Å². The van der Waals surface area contributed by atoms with Crippen LogP contribution < -0.4 is 15.4 Å². The number of rotatable bonds is 7. The Morgan fingerprint density at radius 3 is 2.89 bits per heavy atom. The molecule has 0 spiro atoms. The van der Waals surface area contributed by atoms with E-state index in [0.717, 1.165) is 37.2 Å². The normalized spacial score (nSPS) is 14.6. The number of amides is 1. The van der Waals surface area contributed by atoms with E-state index < -0.39 is 0 Å². The van der Waals surface area contributed by atoms with Crippen LogP contribution in [0.25, 0.3) is 0 Å². The molecule has 0 aliphatic carbocycles. The van der Waals surface area contributed by atoms with Crippen LogP contribution in [0.15, 0.2) is 30.5 Å². The van der Waals surface area contributed by atoms with Crippen molar-refractivity contribution in [3.05, 3.63) is 41.7 Å². The first-order valence-electron chi connectivity index (χ1n) is 9.24. The molecule has 8 heteroatoms. The Kier molecular flexibility index (Phi) is 8.06. The SMILES string of the molecule is CC(C)COc1cccc(CNC(=O)c2cn(C3CCNCC3)nn2)c1.Cl. The van der Waals surface area contributed by atoms with Crippen molar-refractivity contribution in [1.82, 2.24) is 25.6 Å². The second-order valence-corrected chi connectivity index (χ2v) is 7.10. The van der Waals surface area contributed by atoms with E-state index in [1.54, 1.807) is 6.20 Å². The lowest BCUT2D eigenvalue weighted by Gasteiger charge is -2.22.